The molecular formula is C18H28F2N2O2. The van der Waals surface area contributed by atoms with Crippen LogP contribution in [0.3, 0.4) is 0 Å². The number of carbonyl (C=O) groups excluding carboxylic acids is 1. The van der Waals surface area contributed by atoms with Gasteiger partial charge < -0.3 is 14.5 Å². The number of rotatable bonds is 5. The largest absolute Gasteiger partial charge is 0.384 e. The van der Waals surface area contributed by atoms with Crippen molar-refractivity contribution < 1.29 is 18.3 Å². The molecule has 0 aromatic carbocycles. The van der Waals surface area contributed by atoms with Crippen LogP contribution in [0.4, 0.5) is 8.78 Å². The first kappa shape index (κ1) is 16.7. The van der Waals surface area contributed by atoms with E-state index in [0.29, 0.717) is 5.92 Å². The topological polar surface area (TPSA) is 32.8 Å². The zero-order valence-corrected chi connectivity index (χ0v) is 14.5. The molecule has 24 heavy (non-hydrogen) atoms. The summed E-state index contributed by atoms with van der Waals surface area (Å²) < 4.78 is 31.6. The van der Waals surface area contributed by atoms with E-state index in [1.54, 1.807) is 7.11 Å². The summed E-state index contributed by atoms with van der Waals surface area (Å²) in [5.41, 5.74) is 0.104. The molecule has 1 spiro atoms. The summed E-state index contributed by atoms with van der Waals surface area (Å²) in [5, 5.41) is 0. The smallest absolute Gasteiger partial charge is 0.249 e. The van der Waals surface area contributed by atoms with Crippen LogP contribution in [0.2, 0.25) is 0 Å². The van der Waals surface area contributed by atoms with Gasteiger partial charge in [0.2, 0.25) is 11.8 Å². The molecule has 2 saturated heterocycles. The second kappa shape index (κ2) is 5.90. The number of likely N-dealkylation sites (tertiary alicyclic amines) is 2. The number of halogens is 2. The van der Waals surface area contributed by atoms with Crippen LogP contribution in [0.25, 0.3) is 0 Å². The van der Waals surface area contributed by atoms with Gasteiger partial charge in [-0.05, 0) is 25.2 Å². The van der Waals surface area contributed by atoms with Crippen molar-refractivity contribution in [1.29, 1.82) is 0 Å². The normalized spacial score (nSPS) is 36.5. The number of carbonyl (C=O) groups is 1. The number of ether oxygens (including phenoxy) is 1. The molecule has 0 aromatic rings. The summed E-state index contributed by atoms with van der Waals surface area (Å²) in [4.78, 5) is 16.9. The van der Waals surface area contributed by atoms with Gasteiger partial charge >= 0.3 is 0 Å². The van der Waals surface area contributed by atoms with Gasteiger partial charge in [-0.3, -0.25) is 4.79 Å². The second-order valence-corrected chi connectivity index (χ2v) is 8.62. The van der Waals surface area contributed by atoms with E-state index in [1.165, 1.54) is 19.4 Å². The maximum atomic E-state index is 13.1. The molecule has 4 nitrogen and oxygen atoms in total. The molecule has 2 aliphatic carbocycles. The average molecular weight is 342 g/mol. The number of hydrogen-bond donors (Lipinski definition) is 0. The van der Waals surface area contributed by atoms with E-state index in [2.05, 4.69) is 4.90 Å². The summed E-state index contributed by atoms with van der Waals surface area (Å²) in [6.07, 6.45) is 3.16. The van der Waals surface area contributed by atoms with Gasteiger partial charge in [0.15, 0.2) is 0 Å². The Hall–Kier alpha value is -0.750. The van der Waals surface area contributed by atoms with Crippen molar-refractivity contribution in [1.82, 2.24) is 9.80 Å². The summed E-state index contributed by atoms with van der Waals surface area (Å²) >= 11 is 0. The van der Waals surface area contributed by atoms with Crippen molar-refractivity contribution in [3.05, 3.63) is 0 Å². The molecule has 4 aliphatic rings. The zero-order chi connectivity index (χ0) is 16.9. The molecule has 1 amide bonds. The lowest BCUT2D eigenvalue weighted by Gasteiger charge is -2.37. The van der Waals surface area contributed by atoms with Gasteiger partial charge in [0.05, 0.1) is 6.61 Å². The molecule has 6 heteroatoms. The lowest BCUT2D eigenvalue weighted by molar-refractivity contribution is -0.159. The minimum absolute atomic E-state index is 0.0467. The number of alkyl halides is 2. The Morgan fingerprint density at radius 3 is 2.62 bits per heavy atom. The highest BCUT2D eigenvalue weighted by Crippen LogP contribution is 2.48. The fraction of sp³-hybridized carbons (Fsp3) is 0.944. The third kappa shape index (κ3) is 3.07. The Labute approximate surface area is 142 Å². The Balaban J connectivity index is 1.39. The van der Waals surface area contributed by atoms with Crippen LogP contribution in [0.1, 0.15) is 32.1 Å². The van der Waals surface area contributed by atoms with Gasteiger partial charge in [-0.2, -0.15) is 0 Å². The number of methoxy groups -OCH3 is 1. The van der Waals surface area contributed by atoms with Crippen LogP contribution in [-0.4, -0.2) is 68.1 Å². The van der Waals surface area contributed by atoms with Gasteiger partial charge in [-0.1, -0.05) is 0 Å². The standard InChI is InChI=1S/C18H28F2N2O2/c1-24-10-15-9-21(8-13-2-3-13)11-17(15)4-5-22(12-17)16(23)14-6-18(19,20)7-14/h13-15H,2-12H2,1H3/t15-,17-/m1/s1. The predicted octanol–water partition coefficient (Wildman–Crippen LogP) is 2.24. The molecule has 0 aromatic heterocycles. The van der Waals surface area contributed by atoms with E-state index < -0.39 is 11.8 Å². The molecular weight excluding hydrogens is 314 g/mol. The first-order chi connectivity index (χ1) is 11.4. The van der Waals surface area contributed by atoms with Gasteiger partial charge in [-0.15, -0.1) is 0 Å². The van der Waals surface area contributed by atoms with E-state index in [1.807, 2.05) is 4.90 Å². The first-order valence-corrected chi connectivity index (χ1v) is 9.29. The van der Waals surface area contributed by atoms with Crippen molar-refractivity contribution in [2.75, 3.05) is 46.4 Å². The molecule has 0 N–H and O–H groups in total. The summed E-state index contributed by atoms with van der Waals surface area (Å²) in [6, 6.07) is 0. The number of amides is 1. The molecule has 4 fully saturated rings. The Bertz CT molecular complexity index is 503. The minimum atomic E-state index is -2.62. The maximum absolute atomic E-state index is 13.1. The molecule has 4 rings (SSSR count). The minimum Gasteiger partial charge on any atom is -0.384 e. The zero-order valence-electron chi connectivity index (χ0n) is 14.5. The fourth-order valence-electron chi connectivity index (χ4n) is 5.02. The summed E-state index contributed by atoms with van der Waals surface area (Å²) in [5.74, 6) is -1.82. The van der Waals surface area contributed by atoms with E-state index in [9.17, 15) is 13.6 Å². The third-order valence-electron chi connectivity index (χ3n) is 6.60. The van der Waals surface area contributed by atoms with E-state index >= 15 is 0 Å². The van der Waals surface area contributed by atoms with E-state index in [0.717, 1.165) is 45.1 Å². The van der Waals surface area contributed by atoms with Gasteiger partial charge in [0, 0.05) is 69.9 Å². The van der Waals surface area contributed by atoms with Gasteiger partial charge in [0.1, 0.15) is 0 Å². The third-order valence-corrected chi connectivity index (χ3v) is 6.60. The number of hydrogen-bond acceptors (Lipinski definition) is 3. The van der Waals surface area contributed by atoms with Gasteiger partial charge in [-0.25, -0.2) is 8.78 Å². The molecule has 2 aliphatic heterocycles. The van der Waals surface area contributed by atoms with Crippen LogP contribution in [0.15, 0.2) is 0 Å². The van der Waals surface area contributed by atoms with Crippen LogP contribution in [0.5, 0.6) is 0 Å². The Morgan fingerprint density at radius 1 is 1.25 bits per heavy atom. The van der Waals surface area contributed by atoms with Crippen LogP contribution >= 0.6 is 0 Å². The SMILES string of the molecule is COC[C@H]1CN(CC2CC2)C[C@@]12CCN(C(=O)C1CC(F)(F)C1)C2. The maximum Gasteiger partial charge on any atom is 0.249 e. The number of nitrogens with zero attached hydrogens (tertiary/aromatic N) is 2. The van der Waals surface area contributed by atoms with Crippen LogP contribution in [0, 0.1) is 23.2 Å². The Morgan fingerprint density at radius 2 is 2.00 bits per heavy atom. The van der Waals surface area contributed by atoms with Crippen molar-refractivity contribution >= 4 is 5.91 Å². The van der Waals surface area contributed by atoms with Gasteiger partial charge in [0.25, 0.3) is 0 Å². The molecule has 136 valence electrons. The van der Waals surface area contributed by atoms with Crippen molar-refractivity contribution in [3.8, 4) is 0 Å². The van der Waals surface area contributed by atoms with Crippen LogP contribution in [-0.2, 0) is 9.53 Å². The monoisotopic (exact) mass is 342 g/mol. The fourth-order valence-corrected chi connectivity index (χ4v) is 5.02. The highest BCUT2D eigenvalue weighted by Gasteiger charge is 2.55. The molecule has 2 atom stereocenters. The summed E-state index contributed by atoms with van der Waals surface area (Å²) in [7, 11) is 1.74. The molecule has 2 saturated carbocycles. The molecule has 2 heterocycles. The average Bonchev–Trinajstić information content (AvgIpc) is 3.11. The van der Waals surface area contributed by atoms with Crippen LogP contribution < -0.4 is 0 Å². The second-order valence-electron chi connectivity index (χ2n) is 8.62. The quantitative estimate of drug-likeness (QED) is 0.768. The molecule has 0 bridgehead atoms. The molecule has 0 unspecified atom stereocenters. The predicted molar refractivity (Wildman–Crippen MR) is 85.8 cm³/mol. The summed E-state index contributed by atoms with van der Waals surface area (Å²) in [6.45, 7) is 5.42. The highest BCUT2D eigenvalue weighted by atomic mass is 19.3. The van der Waals surface area contributed by atoms with Crippen molar-refractivity contribution in [2.24, 2.45) is 23.2 Å². The van der Waals surface area contributed by atoms with E-state index in [4.69, 9.17) is 4.74 Å². The lowest BCUT2D eigenvalue weighted by atomic mass is 9.77. The van der Waals surface area contributed by atoms with Crippen molar-refractivity contribution in [3.63, 3.8) is 0 Å². The molecule has 0 radical (unpaired) electrons. The highest BCUT2D eigenvalue weighted by molar-refractivity contribution is 5.80. The first-order valence-electron chi connectivity index (χ1n) is 9.29. The van der Waals surface area contributed by atoms with Crippen molar-refractivity contribution in [2.45, 2.75) is 38.0 Å². The van der Waals surface area contributed by atoms with E-state index in [-0.39, 0.29) is 24.2 Å². The Kier molecular flexibility index (Phi) is 4.11. The lowest BCUT2D eigenvalue weighted by Crippen LogP contribution is -2.47.